The fourth-order valence-corrected chi connectivity index (χ4v) is 5.62. The van der Waals surface area contributed by atoms with Crippen LogP contribution in [0.5, 0.6) is 0 Å². The van der Waals surface area contributed by atoms with Gasteiger partial charge in [0.25, 0.3) is 0 Å². The Balaban J connectivity index is 1.03. The third-order valence-corrected chi connectivity index (χ3v) is 7.80. The van der Waals surface area contributed by atoms with Gasteiger partial charge in [0.05, 0.1) is 36.3 Å². The van der Waals surface area contributed by atoms with Crippen LogP contribution >= 0.6 is 23.3 Å². The molecule has 0 saturated carbocycles. The number of fused-ring (bicyclic) bond motifs is 2. The van der Waals surface area contributed by atoms with E-state index >= 15 is 0 Å². The normalized spacial score (nSPS) is 11.7. The second kappa shape index (κ2) is 13.1. The van der Waals surface area contributed by atoms with E-state index in [0.717, 1.165) is 62.7 Å². The zero-order valence-corrected chi connectivity index (χ0v) is 23.0. The largest absolute Gasteiger partial charge is 0.360 e. The van der Waals surface area contributed by atoms with Crippen LogP contribution in [-0.4, -0.2) is 53.7 Å². The molecular weight excluding hydrogens is 548 g/mol. The molecule has 0 unspecified atom stereocenters. The first-order valence-corrected chi connectivity index (χ1v) is 14.1. The second-order valence-electron chi connectivity index (χ2n) is 8.84. The lowest BCUT2D eigenvalue weighted by Crippen LogP contribution is -2.20. The Bertz CT molecular complexity index is 1670. The van der Waals surface area contributed by atoms with Gasteiger partial charge in [0.15, 0.2) is 0 Å². The summed E-state index contributed by atoms with van der Waals surface area (Å²) in [6.45, 7) is 3.43. The number of nitrogens with one attached hydrogen (secondary N) is 4. The van der Waals surface area contributed by atoms with Crippen molar-refractivity contribution < 1.29 is 9.59 Å². The number of carbonyl (C=O) groups is 2. The molecule has 2 amide bonds. The first-order valence-electron chi connectivity index (χ1n) is 12.5. The summed E-state index contributed by atoms with van der Waals surface area (Å²) in [7, 11) is 0. The zero-order chi connectivity index (χ0) is 27.7. The number of aromatic nitrogens is 6. The van der Waals surface area contributed by atoms with Crippen molar-refractivity contribution in [3.63, 3.8) is 0 Å². The number of aromatic amines is 2. The van der Waals surface area contributed by atoms with E-state index in [1.54, 1.807) is 24.8 Å². The number of H-pyrrole nitrogens is 2. The van der Waals surface area contributed by atoms with E-state index in [4.69, 9.17) is 0 Å². The number of hydrogen-bond donors (Lipinski definition) is 4. The Kier molecular flexibility index (Phi) is 8.88. The summed E-state index contributed by atoms with van der Waals surface area (Å²) in [5.41, 5.74) is 3.59. The number of hydrogen-bond acceptors (Lipinski definition) is 10. The van der Waals surface area contributed by atoms with Gasteiger partial charge in [-0.25, -0.2) is 0 Å². The third kappa shape index (κ3) is 6.95. The lowest BCUT2D eigenvalue weighted by atomic mass is 10.1. The highest BCUT2D eigenvalue weighted by Crippen LogP contribution is 2.21. The van der Waals surface area contributed by atoms with Gasteiger partial charge in [-0.3, -0.25) is 24.3 Å². The maximum Gasteiger partial charge on any atom is 0.234 e. The molecule has 0 radical (unpaired) electrons. The highest BCUT2D eigenvalue weighted by atomic mass is 32.2. The monoisotopic (exact) mass is 574 g/mol. The fraction of sp³-hybridized carbons (Fsp3) is 0.231. The zero-order valence-electron chi connectivity index (χ0n) is 21.4. The van der Waals surface area contributed by atoms with Crippen LogP contribution in [0.4, 0.5) is 5.13 Å². The van der Waals surface area contributed by atoms with Crippen molar-refractivity contribution in [2.24, 2.45) is 10.2 Å². The van der Waals surface area contributed by atoms with Gasteiger partial charge in [-0.1, -0.05) is 11.3 Å². The molecule has 0 aliphatic rings. The van der Waals surface area contributed by atoms with Crippen molar-refractivity contribution in [1.82, 2.24) is 34.9 Å². The molecule has 5 aromatic heterocycles. The maximum absolute atomic E-state index is 12.5. The van der Waals surface area contributed by atoms with E-state index in [9.17, 15) is 9.59 Å². The van der Waals surface area contributed by atoms with Crippen molar-refractivity contribution in [1.29, 1.82) is 0 Å². The number of unbranched alkanes of at least 4 members (excludes halogenated alkanes) is 1. The predicted molar refractivity (Wildman–Crippen MR) is 158 cm³/mol. The predicted octanol–water partition coefficient (Wildman–Crippen LogP) is 4.21. The van der Waals surface area contributed by atoms with E-state index in [2.05, 4.69) is 57.1 Å². The van der Waals surface area contributed by atoms with E-state index in [-0.39, 0.29) is 24.7 Å². The molecule has 14 heteroatoms. The molecular formula is C26H26N10O2S2. The number of pyridine rings is 2. The van der Waals surface area contributed by atoms with E-state index in [1.807, 2.05) is 24.5 Å². The number of amides is 2. The van der Waals surface area contributed by atoms with Crippen LogP contribution in [-0.2, 0) is 28.9 Å². The first-order chi connectivity index (χ1) is 19.6. The van der Waals surface area contributed by atoms with Crippen LogP contribution in [0.2, 0.25) is 0 Å². The topological polar surface area (TPSA) is 166 Å². The molecule has 5 rings (SSSR count). The summed E-state index contributed by atoms with van der Waals surface area (Å²) in [5.74, 6) is -0.288. The van der Waals surface area contributed by atoms with Crippen LogP contribution in [0.15, 0.2) is 59.5 Å². The smallest absolute Gasteiger partial charge is 0.234 e. The average Bonchev–Trinajstić information content (AvgIpc) is 3.69. The van der Waals surface area contributed by atoms with Gasteiger partial charge in [-0.2, -0.15) is 5.10 Å². The van der Waals surface area contributed by atoms with E-state index in [1.165, 1.54) is 11.3 Å². The molecule has 12 nitrogen and oxygen atoms in total. The minimum absolute atomic E-state index is 0.135. The Morgan fingerprint density at radius 3 is 2.30 bits per heavy atom. The minimum Gasteiger partial charge on any atom is -0.360 e. The van der Waals surface area contributed by atoms with Gasteiger partial charge in [-0.15, -0.1) is 15.3 Å². The summed E-state index contributed by atoms with van der Waals surface area (Å²) in [4.78, 5) is 39.4. The van der Waals surface area contributed by atoms with Gasteiger partial charge in [0.2, 0.25) is 16.9 Å². The quantitative estimate of drug-likeness (QED) is 0.0603. The van der Waals surface area contributed by atoms with E-state index < -0.39 is 0 Å². The molecule has 0 aromatic carbocycles. The third-order valence-electron chi connectivity index (χ3n) is 6.05. The van der Waals surface area contributed by atoms with Crippen molar-refractivity contribution in [3.05, 3.63) is 65.4 Å². The van der Waals surface area contributed by atoms with E-state index in [0.29, 0.717) is 23.0 Å². The van der Waals surface area contributed by atoms with Crippen molar-refractivity contribution in [3.8, 4) is 0 Å². The fourth-order valence-electron chi connectivity index (χ4n) is 4.18. The molecule has 40 heavy (non-hydrogen) atoms. The highest BCUT2D eigenvalue weighted by Gasteiger charge is 2.13. The molecule has 5 aromatic rings. The minimum atomic E-state index is -0.154. The summed E-state index contributed by atoms with van der Waals surface area (Å²) < 4.78 is 2.84. The van der Waals surface area contributed by atoms with Gasteiger partial charge < -0.3 is 15.3 Å². The van der Waals surface area contributed by atoms with Gasteiger partial charge in [0.1, 0.15) is 10.1 Å². The molecule has 4 N–H and O–H groups in total. The standard InChI is InChI=1S/C26H26N10O2S2/c1-27-33-25(40-36-23(38)11-17-13-31-21-15-29-9-7-19(17)21)5-3-2-4-24-34-35-26(39-24)32-22(37)10-16-12-30-20-14-28-8-6-18(16)20/h6-9,12-15,30-31H,1-5,10-11H2,(H,36,38)(H,32,35,37)/b33-25-. The second-order valence-corrected chi connectivity index (χ2v) is 10.8. The molecule has 5 heterocycles. The molecule has 0 atom stereocenters. The molecule has 0 aliphatic carbocycles. The first kappa shape index (κ1) is 27.1. The number of anilines is 1. The number of aryl methyl sites for hydroxylation is 1. The lowest BCUT2D eigenvalue weighted by molar-refractivity contribution is -0.118. The van der Waals surface area contributed by atoms with Crippen molar-refractivity contribution >= 4 is 73.8 Å². The van der Waals surface area contributed by atoms with Crippen LogP contribution in [0.25, 0.3) is 21.8 Å². The highest BCUT2D eigenvalue weighted by molar-refractivity contribution is 8.12. The van der Waals surface area contributed by atoms with Gasteiger partial charge in [-0.05, 0) is 42.5 Å². The van der Waals surface area contributed by atoms with Crippen molar-refractivity contribution in [2.45, 2.75) is 38.5 Å². The molecule has 0 fully saturated rings. The summed E-state index contributed by atoms with van der Waals surface area (Å²) in [6, 6.07) is 3.77. The Morgan fingerprint density at radius 1 is 0.950 bits per heavy atom. The maximum atomic E-state index is 12.5. The number of nitrogens with zero attached hydrogens (tertiary/aromatic N) is 6. The molecule has 0 bridgehead atoms. The van der Waals surface area contributed by atoms with Gasteiger partial charge in [0, 0.05) is 60.6 Å². The summed E-state index contributed by atoms with van der Waals surface area (Å²) in [6.07, 6.45) is 14.0. The molecule has 0 saturated heterocycles. The van der Waals surface area contributed by atoms with Crippen LogP contribution in [0.1, 0.15) is 35.4 Å². The average molecular weight is 575 g/mol. The summed E-state index contributed by atoms with van der Waals surface area (Å²) in [5, 5.41) is 22.8. The SMILES string of the molecule is C=N/N=C(/CCCCc1nnc(NC(=O)Cc2c[nH]c3cnccc23)s1)SNC(=O)Cc1c[nH]c2cnccc12. The van der Waals surface area contributed by atoms with Crippen LogP contribution < -0.4 is 10.0 Å². The van der Waals surface area contributed by atoms with Crippen LogP contribution in [0.3, 0.4) is 0 Å². The lowest BCUT2D eigenvalue weighted by Gasteiger charge is -2.06. The molecule has 0 aliphatic heterocycles. The Hall–Kier alpha value is -4.43. The Labute approximate surface area is 237 Å². The van der Waals surface area contributed by atoms with Crippen molar-refractivity contribution in [2.75, 3.05) is 5.32 Å². The molecule has 0 spiro atoms. The van der Waals surface area contributed by atoms with Gasteiger partial charge >= 0.3 is 0 Å². The molecule has 204 valence electrons. The summed E-state index contributed by atoms with van der Waals surface area (Å²) >= 11 is 2.52. The number of rotatable bonds is 11. The number of carbonyl (C=O) groups excluding carboxylic acids is 2. The Morgan fingerprint density at radius 2 is 1.62 bits per heavy atom. The van der Waals surface area contributed by atoms with Crippen LogP contribution in [0, 0.1) is 0 Å².